The Bertz CT molecular complexity index is 647. The molecule has 21 heavy (non-hydrogen) atoms. The zero-order chi connectivity index (χ0) is 15.2. The molecule has 0 amide bonds. The normalized spacial score (nSPS) is 14.2. The zero-order valence-corrected chi connectivity index (χ0v) is 13.3. The summed E-state index contributed by atoms with van der Waals surface area (Å²) in [5.41, 5.74) is 4.53. The van der Waals surface area contributed by atoms with Crippen molar-refractivity contribution < 1.29 is 9.47 Å². The molecule has 0 bridgehead atoms. The largest absolute Gasteiger partial charge is 0.496 e. The number of rotatable bonds is 2. The maximum Gasteiger partial charge on any atom is 0.130 e. The average molecular weight is 285 g/mol. The van der Waals surface area contributed by atoms with Crippen LogP contribution in [0.4, 0.5) is 0 Å². The van der Waals surface area contributed by atoms with Gasteiger partial charge in [0, 0.05) is 17.1 Å². The van der Waals surface area contributed by atoms with Crippen molar-refractivity contribution in [1.82, 2.24) is 4.98 Å². The van der Waals surface area contributed by atoms with Gasteiger partial charge in [-0.3, -0.25) is 4.98 Å². The lowest BCUT2D eigenvalue weighted by atomic mass is 9.99. The van der Waals surface area contributed by atoms with E-state index in [2.05, 4.69) is 29.3 Å². The van der Waals surface area contributed by atoms with E-state index in [9.17, 15) is 0 Å². The van der Waals surface area contributed by atoms with Crippen LogP contribution >= 0.6 is 0 Å². The van der Waals surface area contributed by atoms with E-state index in [0.29, 0.717) is 6.61 Å². The molecule has 1 aliphatic heterocycles. The maximum absolute atomic E-state index is 5.47. The summed E-state index contributed by atoms with van der Waals surface area (Å²) in [5, 5.41) is 1.07. The summed E-state index contributed by atoms with van der Waals surface area (Å²) in [6.45, 7) is 7.49. The molecule has 0 aliphatic carbocycles. The van der Waals surface area contributed by atoms with Gasteiger partial charge in [0.2, 0.25) is 0 Å². The summed E-state index contributed by atoms with van der Waals surface area (Å²) >= 11 is 0. The lowest BCUT2D eigenvalue weighted by Gasteiger charge is -2.15. The Labute approximate surface area is 126 Å². The van der Waals surface area contributed by atoms with E-state index in [1.807, 2.05) is 26.8 Å². The minimum atomic E-state index is 0.705. The van der Waals surface area contributed by atoms with Gasteiger partial charge in [-0.15, -0.1) is 0 Å². The highest BCUT2D eigenvalue weighted by Gasteiger charge is 2.10. The molecule has 0 saturated carbocycles. The highest BCUT2D eigenvalue weighted by Crippen LogP contribution is 2.30. The van der Waals surface area contributed by atoms with Crippen LogP contribution in [0.3, 0.4) is 0 Å². The molecular weight excluding hydrogens is 262 g/mol. The van der Waals surface area contributed by atoms with Crippen LogP contribution in [0, 0.1) is 6.92 Å². The van der Waals surface area contributed by atoms with E-state index in [0.717, 1.165) is 35.4 Å². The number of aromatic nitrogens is 1. The Morgan fingerprint density at radius 1 is 1.19 bits per heavy atom. The third kappa shape index (κ3) is 3.42. The van der Waals surface area contributed by atoms with E-state index in [-0.39, 0.29) is 0 Å². The molecule has 0 atom stereocenters. The highest BCUT2D eigenvalue weighted by molar-refractivity contribution is 5.88. The summed E-state index contributed by atoms with van der Waals surface area (Å²) in [6.07, 6.45) is 3.12. The molecule has 0 N–H and O–H groups in total. The van der Waals surface area contributed by atoms with Crippen LogP contribution in [-0.4, -0.2) is 25.3 Å². The molecule has 2 heterocycles. The minimum absolute atomic E-state index is 0.705. The molecule has 112 valence electrons. The molecule has 0 unspecified atom stereocenters. The van der Waals surface area contributed by atoms with E-state index in [4.69, 9.17) is 9.47 Å². The van der Waals surface area contributed by atoms with Crippen LogP contribution in [0.5, 0.6) is 5.75 Å². The van der Waals surface area contributed by atoms with Crippen molar-refractivity contribution in [2.24, 2.45) is 0 Å². The molecule has 1 aromatic heterocycles. The third-order valence-electron chi connectivity index (χ3n) is 3.45. The Morgan fingerprint density at radius 2 is 2.00 bits per heavy atom. The molecule has 3 nitrogen and oxygen atoms in total. The van der Waals surface area contributed by atoms with Crippen molar-refractivity contribution in [2.45, 2.75) is 27.2 Å². The first-order chi connectivity index (χ1) is 10.3. The second-order valence-electron chi connectivity index (χ2n) is 4.75. The van der Waals surface area contributed by atoms with Crippen LogP contribution in [0.25, 0.3) is 16.5 Å². The molecule has 0 radical (unpaired) electrons. The topological polar surface area (TPSA) is 31.4 Å². The fourth-order valence-corrected chi connectivity index (χ4v) is 2.48. The summed E-state index contributed by atoms with van der Waals surface area (Å²) in [6, 6.07) is 8.34. The maximum atomic E-state index is 5.47. The van der Waals surface area contributed by atoms with Gasteiger partial charge in [-0.1, -0.05) is 26.0 Å². The van der Waals surface area contributed by atoms with Crippen LogP contribution < -0.4 is 4.74 Å². The molecule has 3 heteroatoms. The highest BCUT2D eigenvalue weighted by atomic mass is 16.5. The molecule has 3 rings (SSSR count). The SMILES string of the molecule is CC.COc1cc(C)nc2ccc(C3=CCOCC3)cc12. The van der Waals surface area contributed by atoms with Crippen LogP contribution in [0.2, 0.25) is 0 Å². The van der Waals surface area contributed by atoms with Crippen molar-refractivity contribution in [3.05, 3.63) is 41.6 Å². The minimum Gasteiger partial charge on any atom is -0.496 e. The number of aryl methyl sites for hydroxylation is 1. The van der Waals surface area contributed by atoms with Gasteiger partial charge in [-0.2, -0.15) is 0 Å². The first-order valence-electron chi connectivity index (χ1n) is 7.50. The first kappa shape index (κ1) is 15.5. The molecule has 0 fully saturated rings. The van der Waals surface area contributed by atoms with Gasteiger partial charge in [-0.25, -0.2) is 0 Å². The predicted octanol–water partition coefficient (Wildman–Crippen LogP) is 4.38. The number of benzene rings is 1. The standard InChI is InChI=1S/C16H17NO2.C2H6/c1-11-9-16(18-2)14-10-13(3-4-15(14)17-11)12-5-7-19-8-6-12;1-2/h3-5,9-10H,6-8H2,1-2H3;1-2H3. The fourth-order valence-electron chi connectivity index (χ4n) is 2.48. The van der Waals surface area contributed by atoms with Crippen molar-refractivity contribution in [3.63, 3.8) is 0 Å². The second-order valence-corrected chi connectivity index (χ2v) is 4.75. The van der Waals surface area contributed by atoms with Gasteiger partial charge in [0.25, 0.3) is 0 Å². The van der Waals surface area contributed by atoms with Gasteiger partial charge >= 0.3 is 0 Å². The molecule has 0 spiro atoms. The molecular formula is C18H23NO2. The summed E-state index contributed by atoms with van der Waals surface area (Å²) in [5.74, 6) is 0.886. The quantitative estimate of drug-likeness (QED) is 0.820. The molecule has 2 aromatic rings. The first-order valence-corrected chi connectivity index (χ1v) is 7.50. The molecule has 0 saturated heterocycles. The lowest BCUT2D eigenvalue weighted by molar-refractivity contribution is 0.161. The Balaban J connectivity index is 0.000000774. The Hall–Kier alpha value is -1.87. The van der Waals surface area contributed by atoms with Gasteiger partial charge in [0.05, 0.1) is 25.8 Å². The average Bonchev–Trinajstić information content (AvgIpc) is 2.56. The monoisotopic (exact) mass is 285 g/mol. The number of methoxy groups -OCH3 is 1. The number of hydrogen-bond donors (Lipinski definition) is 0. The smallest absolute Gasteiger partial charge is 0.130 e. The summed E-state index contributed by atoms with van der Waals surface area (Å²) < 4.78 is 10.8. The zero-order valence-electron chi connectivity index (χ0n) is 13.3. The molecule has 1 aliphatic rings. The van der Waals surface area contributed by atoms with Gasteiger partial charge in [-0.05, 0) is 36.6 Å². The van der Waals surface area contributed by atoms with Crippen LogP contribution in [0.15, 0.2) is 30.3 Å². The Kier molecular flexibility index (Phi) is 5.34. The van der Waals surface area contributed by atoms with E-state index in [1.165, 1.54) is 11.1 Å². The summed E-state index contributed by atoms with van der Waals surface area (Å²) in [4.78, 5) is 4.55. The van der Waals surface area contributed by atoms with Crippen molar-refractivity contribution >= 4 is 16.5 Å². The van der Waals surface area contributed by atoms with Crippen LogP contribution in [0.1, 0.15) is 31.5 Å². The van der Waals surface area contributed by atoms with Crippen molar-refractivity contribution in [1.29, 1.82) is 0 Å². The summed E-state index contributed by atoms with van der Waals surface area (Å²) in [7, 11) is 1.70. The number of ether oxygens (including phenoxy) is 2. The predicted molar refractivity (Wildman–Crippen MR) is 87.8 cm³/mol. The van der Waals surface area contributed by atoms with Gasteiger partial charge in [0.15, 0.2) is 0 Å². The van der Waals surface area contributed by atoms with Crippen LogP contribution in [-0.2, 0) is 4.74 Å². The van der Waals surface area contributed by atoms with E-state index < -0.39 is 0 Å². The number of fused-ring (bicyclic) bond motifs is 1. The second kappa shape index (κ2) is 7.23. The molecule has 1 aromatic carbocycles. The van der Waals surface area contributed by atoms with Gasteiger partial charge in [0.1, 0.15) is 5.75 Å². The third-order valence-corrected chi connectivity index (χ3v) is 3.45. The van der Waals surface area contributed by atoms with Crippen molar-refractivity contribution in [2.75, 3.05) is 20.3 Å². The number of hydrogen-bond acceptors (Lipinski definition) is 3. The van der Waals surface area contributed by atoms with Gasteiger partial charge < -0.3 is 9.47 Å². The number of pyridine rings is 1. The lowest BCUT2D eigenvalue weighted by Crippen LogP contribution is -2.03. The number of nitrogens with zero attached hydrogens (tertiary/aromatic N) is 1. The fraction of sp³-hybridized carbons (Fsp3) is 0.389. The van der Waals surface area contributed by atoms with E-state index in [1.54, 1.807) is 7.11 Å². The van der Waals surface area contributed by atoms with Crippen molar-refractivity contribution in [3.8, 4) is 5.75 Å². The Morgan fingerprint density at radius 3 is 2.67 bits per heavy atom. The van der Waals surface area contributed by atoms with E-state index >= 15 is 0 Å².